The van der Waals surface area contributed by atoms with Gasteiger partial charge in [-0.05, 0) is 38.1 Å². The first-order chi connectivity index (χ1) is 11.2. The minimum atomic E-state index is 0.488. The molecule has 1 aromatic carbocycles. The Morgan fingerprint density at radius 1 is 1.04 bits per heavy atom. The van der Waals surface area contributed by atoms with E-state index in [2.05, 4.69) is 60.4 Å². The molecule has 1 heterocycles. The Balaban J connectivity index is 1.90. The SMILES string of the molecule is CCCCCCc1ccc(C(CN2CCNCC2)N(C)C)cc1. The molecule has 1 aromatic rings. The smallest absolute Gasteiger partial charge is 0.0469 e. The molecule has 0 spiro atoms. The Labute approximate surface area is 143 Å². The number of hydrogen-bond acceptors (Lipinski definition) is 3. The maximum Gasteiger partial charge on any atom is 0.0469 e. The van der Waals surface area contributed by atoms with Gasteiger partial charge in [-0.3, -0.25) is 4.90 Å². The van der Waals surface area contributed by atoms with Crippen molar-refractivity contribution in [3.63, 3.8) is 0 Å². The van der Waals surface area contributed by atoms with Crippen LogP contribution in [0.1, 0.15) is 49.8 Å². The van der Waals surface area contributed by atoms with Crippen LogP contribution in [0.2, 0.25) is 0 Å². The third-order valence-electron chi connectivity index (χ3n) is 4.95. The van der Waals surface area contributed by atoms with Crippen LogP contribution < -0.4 is 5.32 Å². The normalized spacial score (nSPS) is 17.6. The second-order valence-corrected chi connectivity index (χ2v) is 7.08. The molecule has 2 rings (SSSR count). The van der Waals surface area contributed by atoms with Crippen molar-refractivity contribution in [3.8, 4) is 0 Å². The lowest BCUT2D eigenvalue weighted by Crippen LogP contribution is -2.46. The average Bonchev–Trinajstić information content (AvgIpc) is 2.58. The van der Waals surface area contributed by atoms with Gasteiger partial charge in [-0.1, -0.05) is 50.5 Å². The molecule has 1 N–H and O–H groups in total. The van der Waals surface area contributed by atoms with E-state index in [9.17, 15) is 0 Å². The molecule has 1 unspecified atom stereocenters. The van der Waals surface area contributed by atoms with Gasteiger partial charge in [0.1, 0.15) is 0 Å². The number of likely N-dealkylation sites (N-methyl/N-ethyl adjacent to an activating group) is 1. The van der Waals surface area contributed by atoms with Gasteiger partial charge < -0.3 is 10.2 Å². The van der Waals surface area contributed by atoms with Gasteiger partial charge in [-0.2, -0.15) is 0 Å². The maximum absolute atomic E-state index is 3.44. The van der Waals surface area contributed by atoms with Gasteiger partial charge in [0.25, 0.3) is 0 Å². The Bertz CT molecular complexity index is 421. The summed E-state index contributed by atoms with van der Waals surface area (Å²) in [6, 6.07) is 9.87. The molecule has 1 saturated heterocycles. The van der Waals surface area contributed by atoms with Gasteiger partial charge in [0.15, 0.2) is 0 Å². The van der Waals surface area contributed by atoms with E-state index in [0.717, 1.165) is 19.6 Å². The number of unbranched alkanes of at least 4 members (excludes halogenated alkanes) is 3. The van der Waals surface area contributed by atoms with E-state index in [4.69, 9.17) is 0 Å². The summed E-state index contributed by atoms with van der Waals surface area (Å²) in [7, 11) is 4.40. The van der Waals surface area contributed by atoms with Crippen molar-refractivity contribution < 1.29 is 0 Å². The van der Waals surface area contributed by atoms with Gasteiger partial charge in [-0.15, -0.1) is 0 Å². The van der Waals surface area contributed by atoms with E-state index >= 15 is 0 Å². The summed E-state index contributed by atoms with van der Waals surface area (Å²) < 4.78 is 0. The summed E-state index contributed by atoms with van der Waals surface area (Å²) in [6.07, 6.45) is 6.60. The lowest BCUT2D eigenvalue weighted by molar-refractivity contribution is 0.168. The number of nitrogens with one attached hydrogen (secondary N) is 1. The lowest BCUT2D eigenvalue weighted by atomic mass is 10.0. The van der Waals surface area contributed by atoms with Crippen LogP contribution in [0.4, 0.5) is 0 Å². The molecule has 23 heavy (non-hydrogen) atoms. The van der Waals surface area contributed by atoms with Crippen LogP contribution in [0.25, 0.3) is 0 Å². The van der Waals surface area contributed by atoms with E-state index in [0.29, 0.717) is 6.04 Å². The number of nitrogens with zero attached hydrogens (tertiary/aromatic N) is 2. The third-order valence-corrected chi connectivity index (χ3v) is 4.95. The Kier molecular flexibility index (Phi) is 8.07. The summed E-state index contributed by atoms with van der Waals surface area (Å²) in [5, 5.41) is 3.44. The minimum absolute atomic E-state index is 0.488. The monoisotopic (exact) mass is 317 g/mol. The zero-order valence-electron chi connectivity index (χ0n) is 15.4. The highest BCUT2D eigenvalue weighted by Gasteiger charge is 2.19. The third kappa shape index (κ3) is 6.25. The molecular weight excluding hydrogens is 282 g/mol. The Morgan fingerprint density at radius 2 is 1.74 bits per heavy atom. The van der Waals surface area contributed by atoms with Gasteiger partial charge in [0, 0.05) is 38.8 Å². The molecule has 0 aliphatic carbocycles. The second-order valence-electron chi connectivity index (χ2n) is 7.08. The fourth-order valence-electron chi connectivity index (χ4n) is 3.37. The number of aryl methyl sites for hydroxylation is 1. The van der Waals surface area contributed by atoms with E-state index in [-0.39, 0.29) is 0 Å². The highest BCUT2D eigenvalue weighted by molar-refractivity contribution is 5.25. The van der Waals surface area contributed by atoms with Crippen LogP contribution >= 0.6 is 0 Å². The zero-order chi connectivity index (χ0) is 16.5. The zero-order valence-corrected chi connectivity index (χ0v) is 15.4. The molecule has 0 radical (unpaired) electrons. The number of hydrogen-bond donors (Lipinski definition) is 1. The molecule has 1 atom stereocenters. The van der Waals surface area contributed by atoms with Crippen molar-refractivity contribution in [1.29, 1.82) is 0 Å². The highest BCUT2D eigenvalue weighted by Crippen LogP contribution is 2.21. The average molecular weight is 318 g/mol. The standard InChI is InChI=1S/C20H35N3/c1-4-5-6-7-8-18-9-11-19(12-10-18)20(22(2)3)17-23-15-13-21-14-16-23/h9-12,20-21H,4-8,13-17H2,1-3H3. The van der Waals surface area contributed by atoms with Gasteiger partial charge >= 0.3 is 0 Å². The molecule has 0 amide bonds. The van der Waals surface area contributed by atoms with Crippen LogP contribution in [0, 0.1) is 0 Å². The molecule has 1 aliphatic rings. The molecule has 3 heteroatoms. The van der Waals surface area contributed by atoms with Gasteiger partial charge in [-0.25, -0.2) is 0 Å². The fraction of sp³-hybridized carbons (Fsp3) is 0.700. The number of benzene rings is 1. The first kappa shape index (κ1) is 18.4. The van der Waals surface area contributed by atoms with Crippen molar-refractivity contribution >= 4 is 0 Å². The Hall–Kier alpha value is -0.900. The molecular formula is C20H35N3. The van der Waals surface area contributed by atoms with Crippen LogP contribution in [0.5, 0.6) is 0 Å². The summed E-state index contributed by atoms with van der Waals surface area (Å²) in [5.41, 5.74) is 2.94. The molecule has 1 aliphatic heterocycles. The van der Waals surface area contributed by atoms with Crippen LogP contribution in [-0.2, 0) is 6.42 Å². The van der Waals surface area contributed by atoms with Crippen LogP contribution in [-0.4, -0.2) is 56.6 Å². The summed E-state index contributed by atoms with van der Waals surface area (Å²) in [6.45, 7) is 7.98. The molecule has 0 bridgehead atoms. The highest BCUT2D eigenvalue weighted by atomic mass is 15.2. The second kappa shape index (κ2) is 10.1. The summed E-state index contributed by atoms with van der Waals surface area (Å²) in [5.74, 6) is 0. The number of rotatable bonds is 9. The summed E-state index contributed by atoms with van der Waals surface area (Å²) in [4.78, 5) is 4.94. The topological polar surface area (TPSA) is 18.5 Å². The lowest BCUT2D eigenvalue weighted by Gasteiger charge is -2.34. The quantitative estimate of drug-likeness (QED) is 0.705. The first-order valence-electron chi connectivity index (χ1n) is 9.39. The largest absolute Gasteiger partial charge is 0.314 e. The van der Waals surface area contributed by atoms with E-state index < -0.39 is 0 Å². The van der Waals surface area contributed by atoms with Crippen molar-refractivity contribution in [3.05, 3.63) is 35.4 Å². The Morgan fingerprint density at radius 3 is 2.35 bits per heavy atom. The maximum atomic E-state index is 3.44. The van der Waals surface area contributed by atoms with Crippen molar-refractivity contribution in [2.24, 2.45) is 0 Å². The number of piperazine rings is 1. The molecule has 0 aromatic heterocycles. The van der Waals surface area contributed by atoms with Crippen LogP contribution in [0.15, 0.2) is 24.3 Å². The van der Waals surface area contributed by atoms with Crippen LogP contribution in [0.3, 0.4) is 0 Å². The predicted molar refractivity (Wildman–Crippen MR) is 100 cm³/mol. The molecule has 3 nitrogen and oxygen atoms in total. The fourth-order valence-corrected chi connectivity index (χ4v) is 3.37. The van der Waals surface area contributed by atoms with Crippen molar-refractivity contribution in [1.82, 2.24) is 15.1 Å². The van der Waals surface area contributed by atoms with Crippen molar-refractivity contribution in [2.45, 2.75) is 45.1 Å². The van der Waals surface area contributed by atoms with E-state index in [1.165, 1.54) is 56.3 Å². The first-order valence-corrected chi connectivity index (χ1v) is 9.39. The van der Waals surface area contributed by atoms with Gasteiger partial charge in [0.2, 0.25) is 0 Å². The summed E-state index contributed by atoms with van der Waals surface area (Å²) >= 11 is 0. The molecule has 0 saturated carbocycles. The molecule has 130 valence electrons. The van der Waals surface area contributed by atoms with E-state index in [1.807, 2.05) is 0 Å². The van der Waals surface area contributed by atoms with Gasteiger partial charge in [0.05, 0.1) is 0 Å². The predicted octanol–water partition coefficient (Wildman–Crippen LogP) is 3.32. The molecule has 1 fully saturated rings. The van der Waals surface area contributed by atoms with Crippen molar-refractivity contribution in [2.75, 3.05) is 46.8 Å². The minimum Gasteiger partial charge on any atom is -0.314 e. The van der Waals surface area contributed by atoms with E-state index in [1.54, 1.807) is 0 Å².